The topological polar surface area (TPSA) is 271 Å². The number of nitrogens with zero attached hydrogens (tertiary/aromatic N) is 6. The van der Waals surface area contributed by atoms with Crippen molar-refractivity contribution in [2.24, 2.45) is 0 Å². The number of carbonyl (C=O) groups is 2. The van der Waals surface area contributed by atoms with Gasteiger partial charge in [-0.25, -0.2) is 14.6 Å². The van der Waals surface area contributed by atoms with Crippen LogP contribution in [0.4, 0.5) is 38.3 Å². The number of hydrogen-bond donors (Lipinski definition) is 3. The van der Waals surface area contributed by atoms with Crippen molar-refractivity contribution in [3.63, 3.8) is 0 Å². The van der Waals surface area contributed by atoms with Gasteiger partial charge in [0.15, 0.2) is 6.79 Å². The number of hydrogen-bond acceptors (Lipinski definition) is 16. The molecule has 63 heavy (non-hydrogen) atoms. The zero-order valence-electron chi connectivity index (χ0n) is 36.1. The first kappa shape index (κ1) is 53.7. The van der Waals surface area contributed by atoms with Gasteiger partial charge in [-0.3, -0.25) is 10.2 Å². The third-order valence-electron chi connectivity index (χ3n) is 7.20. The molecule has 0 aliphatic rings. The largest absolute Gasteiger partial charge is 0.468 e. The Labute approximate surface area is 389 Å². The molecule has 0 saturated heterocycles. The maximum absolute atomic E-state index is 11.9. The number of aryl methyl sites for hydroxylation is 1. The summed E-state index contributed by atoms with van der Waals surface area (Å²) in [7, 11) is 1.39. The minimum atomic E-state index is -0.769. The SMILES string of the molecule is CC(C)(C)OC(=O)Nc1ccc(Br)nc1[N+](=O)[O-].CCOCOc1ccc2oc(B(C)O)cc2c1.CN(C(=O)OC(C)(C)C)c1ccc(Br)nc1[N+](=O)[O-].Cc1nc(Br)ccc1N. The summed E-state index contributed by atoms with van der Waals surface area (Å²) in [5.74, 6) is -0.137. The van der Waals surface area contributed by atoms with E-state index in [1.54, 1.807) is 48.4 Å². The molecule has 0 bridgehead atoms. The van der Waals surface area contributed by atoms with Gasteiger partial charge in [-0.05, 0) is 152 Å². The molecule has 0 atom stereocenters. The van der Waals surface area contributed by atoms with Gasteiger partial charge in [0.05, 0.1) is 11.4 Å². The van der Waals surface area contributed by atoms with E-state index in [1.807, 2.05) is 50.2 Å². The molecule has 2 amide bonds. The Morgan fingerprint density at radius 2 is 1.43 bits per heavy atom. The number of rotatable bonds is 9. The van der Waals surface area contributed by atoms with Crippen molar-refractivity contribution in [3.8, 4) is 5.75 Å². The molecule has 4 heterocycles. The standard InChI is InChI=1S/C12H15BO4.C11H14BrN3O4.C10H12BrN3O4.C6H7BrN2/c1-3-15-8-16-10-4-5-11-9(6-10)7-12(17-11)13(2)14;1-11(2,3)19-10(16)14(4)7-5-6-8(12)13-9(7)15(17)18;1-10(2,3)18-9(15)12-6-4-5-7(11)13-8(6)14(16)17;1-4-5(8)2-3-6(7)9-4/h4-7,14H,3,8H2,1-2H3;5-6H,1-4H3;4-5H,1-3H3,(H,12,15);2-3H,8H2,1H3. The van der Waals surface area contributed by atoms with Crippen molar-refractivity contribution < 1.29 is 47.8 Å². The fourth-order valence-corrected chi connectivity index (χ4v) is 5.39. The summed E-state index contributed by atoms with van der Waals surface area (Å²) in [6, 6.07) is 16.8. The lowest BCUT2D eigenvalue weighted by molar-refractivity contribution is -0.388. The monoisotopic (exact) mass is 1070 g/mol. The number of nitrogen functional groups attached to an aromatic ring is 1. The number of nitrogens with two attached hydrogens (primary N) is 1. The molecule has 5 rings (SSSR count). The molecular formula is C39H48BBr3N8O12. The number of fused-ring (bicyclic) bond motifs is 1. The zero-order chi connectivity index (χ0) is 47.8. The molecule has 5 aromatic rings. The van der Waals surface area contributed by atoms with Crippen LogP contribution in [0.2, 0.25) is 6.82 Å². The maximum Gasteiger partial charge on any atom is 0.414 e. The second kappa shape index (κ2) is 24.4. The lowest BCUT2D eigenvalue weighted by Gasteiger charge is -2.24. The molecule has 20 nitrogen and oxygen atoms in total. The van der Waals surface area contributed by atoms with Gasteiger partial charge < -0.3 is 54.4 Å². The molecule has 4 N–H and O–H groups in total. The summed E-state index contributed by atoms with van der Waals surface area (Å²) < 4.78 is 27.6. The molecule has 4 aromatic heterocycles. The molecule has 0 unspecified atom stereocenters. The Bertz CT molecular complexity index is 2360. The lowest BCUT2D eigenvalue weighted by Crippen LogP contribution is -2.34. The van der Waals surface area contributed by atoms with E-state index in [0.29, 0.717) is 21.5 Å². The highest BCUT2D eigenvalue weighted by atomic mass is 79.9. The van der Waals surface area contributed by atoms with Crippen LogP contribution < -0.4 is 26.3 Å². The molecule has 1 aromatic carbocycles. The van der Waals surface area contributed by atoms with Crippen molar-refractivity contribution in [2.45, 2.75) is 73.4 Å². The smallest absolute Gasteiger partial charge is 0.414 e. The van der Waals surface area contributed by atoms with Gasteiger partial charge in [-0.1, -0.05) is 6.82 Å². The van der Waals surface area contributed by atoms with Crippen LogP contribution >= 0.6 is 47.8 Å². The predicted molar refractivity (Wildman–Crippen MR) is 250 cm³/mol. The highest BCUT2D eigenvalue weighted by molar-refractivity contribution is 9.11. The number of carbonyl (C=O) groups excluding carboxylic acids is 2. The number of nitro groups is 2. The Hall–Kier alpha value is -5.43. The number of halogens is 3. The summed E-state index contributed by atoms with van der Waals surface area (Å²) in [6.07, 6.45) is -1.45. The number of benzene rings is 1. The fourth-order valence-electron chi connectivity index (χ4n) is 4.39. The number of anilines is 3. The highest BCUT2D eigenvalue weighted by Gasteiger charge is 2.27. The van der Waals surface area contributed by atoms with E-state index in [0.717, 1.165) is 37.6 Å². The van der Waals surface area contributed by atoms with Crippen molar-refractivity contribution in [3.05, 3.63) is 100 Å². The van der Waals surface area contributed by atoms with E-state index in [4.69, 9.17) is 29.1 Å². The minimum Gasteiger partial charge on any atom is -0.468 e. The van der Waals surface area contributed by atoms with E-state index in [-0.39, 0.29) is 18.2 Å². The highest BCUT2D eigenvalue weighted by Crippen LogP contribution is 2.29. The Morgan fingerprint density at radius 3 is 1.95 bits per heavy atom. The molecular weight excluding hydrogens is 1020 g/mol. The number of furan rings is 1. The maximum atomic E-state index is 11.9. The Kier molecular flexibility index (Phi) is 20.8. The minimum absolute atomic E-state index is 0.0162. The summed E-state index contributed by atoms with van der Waals surface area (Å²) in [6.45, 7) is 16.0. The second-order valence-corrected chi connectivity index (χ2v) is 17.2. The third-order valence-corrected chi connectivity index (χ3v) is 8.52. The quantitative estimate of drug-likeness (QED) is 0.0309. The normalized spacial score (nSPS) is 10.7. The van der Waals surface area contributed by atoms with Crippen molar-refractivity contribution in [1.82, 2.24) is 15.0 Å². The van der Waals surface area contributed by atoms with Crippen LogP contribution in [0.1, 0.15) is 54.2 Å². The molecule has 340 valence electrons. The number of amides is 2. The van der Waals surface area contributed by atoms with Crippen LogP contribution in [-0.4, -0.2) is 80.6 Å². The summed E-state index contributed by atoms with van der Waals surface area (Å²) in [4.78, 5) is 56.3. The summed E-state index contributed by atoms with van der Waals surface area (Å²) >= 11 is 9.30. The second-order valence-electron chi connectivity index (χ2n) is 14.8. The van der Waals surface area contributed by atoms with Crippen LogP contribution in [0.15, 0.2) is 78.9 Å². The van der Waals surface area contributed by atoms with Gasteiger partial charge in [0, 0.05) is 50.9 Å². The summed E-state index contributed by atoms with van der Waals surface area (Å²) in [5, 5.41) is 34.3. The Morgan fingerprint density at radius 1 is 0.873 bits per heavy atom. The van der Waals surface area contributed by atoms with Crippen LogP contribution in [0.5, 0.6) is 5.75 Å². The van der Waals surface area contributed by atoms with Gasteiger partial charge in [0.2, 0.25) is 9.21 Å². The van der Waals surface area contributed by atoms with Crippen molar-refractivity contribution in [2.75, 3.05) is 36.4 Å². The number of ether oxygens (including phenoxy) is 4. The molecule has 0 aliphatic carbocycles. The number of pyridine rings is 3. The van der Waals surface area contributed by atoms with Gasteiger partial charge in [-0.15, -0.1) is 0 Å². The number of nitrogens with one attached hydrogen (secondary N) is 1. The van der Waals surface area contributed by atoms with Crippen LogP contribution in [-0.2, 0) is 14.2 Å². The average molecular weight is 1070 g/mol. The van der Waals surface area contributed by atoms with Gasteiger partial charge in [-0.2, -0.15) is 0 Å². The summed E-state index contributed by atoms with van der Waals surface area (Å²) in [5.41, 5.74) is 7.10. The molecule has 24 heteroatoms. The van der Waals surface area contributed by atoms with E-state index in [2.05, 4.69) is 68.1 Å². The average Bonchev–Trinajstić information content (AvgIpc) is 3.60. The first-order valence-electron chi connectivity index (χ1n) is 18.6. The van der Waals surface area contributed by atoms with Gasteiger partial charge >= 0.3 is 30.7 Å². The first-order chi connectivity index (χ1) is 29.2. The third kappa shape index (κ3) is 19.2. The van der Waals surface area contributed by atoms with Gasteiger partial charge in [0.25, 0.3) is 0 Å². The van der Waals surface area contributed by atoms with E-state index < -0.39 is 51.8 Å². The van der Waals surface area contributed by atoms with E-state index in [9.17, 15) is 34.8 Å². The van der Waals surface area contributed by atoms with Crippen LogP contribution in [0.3, 0.4) is 0 Å². The first-order valence-corrected chi connectivity index (χ1v) is 21.0. The predicted octanol–water partition coefficient (Wildman–Crippen LogP) is 9.58. The van der Waals surface area contributed by atoms with Crippen molar-refractivity contribution >= 4 is 112 Å². The van der Waals surface area contributed by atoms with E-state index >= 15 is 0 Å². The lowest BCUT2D eigenvalue weighted by atomic mass is 9.69. The molecule has 0 fully saturated rings. The molecule has 0 aliphatic heterocycles. The Balaban J connectivity index is 0.000000296. The van der Waals surface area contributed by atoms with Crippen molar-refractivity contribution in [1.29, 1.82) is 0 Å². The molecule has 0 saturated carbocycles. The zero-order valence-corrected chi connectivity index (χ0v) is 40.9. The molecule has 0 spiro atoms. The molecule has 0 radical (unpaired) electrons. The van der Waals surface area contributed by atoms with Gasteiger partial charge in [0.1, 0.15) is 44.2 Å². The number of aromatic nitrogens is 3. The van der Waals surface area contributed by atoms with E-state index in [1.165, 1.54) is 31.3 Å². The van der Waals surface area contributed by atoms with Crippen LogP contribution in [0.25, 0.3) is 11.0 Å². The van der Waals surface area contributed by atoms with Crippen LogP contribution in [0, 0.1) is 27.2 Å². The fraction of sp³-hybridized carbons (Fsp3) is 0.359.